The Morgan fingerprint density at radius 2 is 2.24 bits per heavy atom. The molecule has 1 aromatic heterocycles. The predicted octanol–water partition coefficient (Wildman–Crippen LogP) is 2.18. The average Bonchev–Trinajstić information content (AvgIpc) is 2.90. The summed E-state index contributed by atoms with van der Waals surface area (Å²) < 4.78 is 0. The minimum atomic E-state index is -0.0577. The van der Waals surface area contributed by atoms with E-state index in [-0.39, 0.29) is 5.91 Å². The zero-order chi connectivity index (χ0) is 12.1. The third-order valence-electron chi connectivity index (χ3n) is 3.55. The van der Waals surface area contributed by atoms with Crippen LogP contribution in [-0.2, 0) is 0 Å². The number of H-pyrrole nitrogens is 1. The lowest BCUT2D eigenvalue weighted by Crippen LogP contribution is -2.34. The Bertz CT molecular complexity index is 353. The summed E-state index contributed by atoms with van der Waals surface area (Å²) in [5.41, 5.74) is 0.586. The van der Waals surface area contributed by atoms with Gasteiger partial charge in [-0.2, -0.15) is 5.10 Å². The minimum Gasteiger partial charge on any atom is -0.352 e. The van der Waals surface area contributed by atoms with Gasteiger partial charge in [0, 0.05) is 18.6 Å². The molecule has 2 rings (SSSR count). The summed E-state index contributed by atoms with van der Waals surface area (Å²) in [6.07, 6.45) is 8.02. The van der Waals surface area contributed by atoms with Crippen molar-refractivity contribution in [1.82, 2.24) is 15.5 Å². The first-order valence-corrected chi connectivity index (χ1v) is 6.67. The molecule has 0 aromatic carbocycles. The zero-order valence-electron chi connectivity index (χ0n) is 9.79. The minimum absolute atomic E-state index is 0.0577. The molecule has 2 atom stereocenters. The lowest BCUT2D eigenvalue weighted by Gasteiger charge is -2.30. The van der Waals surface area contributed by atoms with E-state index < -0.39 is 0 Å². The lowest BCUT2D eigenvalue weighted by molar-refractivity contribution is 0.0937. The number of rotatable bonds is 4. The maximum Gasteiger partial charge on any atom is 0.254 e. The van der Waals surface area contributed by atoms with E-state index in [2.05, 4.69) is 15.5 Å². The highest BCUT2D eigenvalue weighted by molar-refractivity contribution is 6.18. The molecule has 0 bridgehead atoms. The van der Waals surface area contributed by atoms with Crippen molar-refractivity contribution in [1.29, 1.82) is 0 Å². The van der Waals surface area contributed by atoms with E-state index in [0.717, 1.165) is 6.54 Å². The van der Waals surface area contributed by atoms with Gasteiger partial charge in [-0.05, 0) is 24.7 Å². The van der Waals surface area contributed by atoms with Crippen molar-refractivity contribution in [2.75, 3.05) is 12.4 Å². The molecular weight excluding hydrogens is 238 g/mol. The normalized spacial score (nSPS) is 24.5. The Morgan fingerprint density at radius 1 is 1.47 bits per heavy atom. The van der Waals surface area contributed by atoms with Crippen LogP contribution >= 0.6 is 11.6 Å². The highest BCUT2D eigenvalue weighted by Crippen LogP contribution is 2.30. The van der Waals surface area contributed by atoms with Crippen molar-refractivity contribution in [3.05, 3.63) is 18.0 Å². The number of nitrogens with zero attached hydrogens (tertiary/aromatic N) is 1. The number of alkyl halides is 1. The molecule has 0 radical (unpaired) electrons. The molecule has 17 heavy (non-hydrogen) atoms. The molecule has 1 fully saturated rings. The van der Waals surface area contributed by atoms with Crippen LogP contribution in [0.1, 0.15) is 36.0 Å². The summed E-state index contributed by atoms with van der Waals surface area (Å²) in [6, 6.07) is 0. The van der Waals surface area contributed by atoms with E-state index in [1.165, 1.54) is 31.9 Å². The van der Waals surface area contributed by atoms with Crippen LogP contribution in [0.2, 0.25) is 0 Å². The second-order valence-corrected chi connectivity index (χ2v) is 4.96. The number of aromatic nitrogens is 2. The Balaban J connectivity index is 1.82. The van der Waals surface area contributed by atoms with Gasteiger partial charge in [-0.15, -0.1) is 11.6 Å². The van der Waals surface area contributed by atoms with E-state index in [0.29, 0.717) is 23.3 Å². The van der Waals surface area contributed by atoms with Crippen LogP contribution in [0.5, 0.6) is 0 Å². The van der Waals surface area contributed by atoms with Crippen LogP contribution in [0.3, 0.4) is 0 Å². The van der Waals surface area contributed by atoms with E-state index in [1.807, 2.05) is 0 Å². The molecular formula is C12H18ClN3O. The van der Waals surface area contributed by atoms with Crippen LogP contribution in [0.25, 0.3) is 0 Å². The molecule has 1 amide bonds. The second kappa shape index (κ2) is 6.05. The molecule has 4 nitrogen and oxygen atoms in total. The maximum absolute atomic E-state index is 11.7. The summed E-state index contributed by atoms with van der Waals surface area (Å²) in [7, 11) is 0. The van der Waals surface area contributed by atoms with Gasteiger partial charge in [0.1, 0.15) is 0 Å². The molecule has 1 aliphatic rings. The fourth-order valence-corrected chi connectivity index (χ4v) is 2.86. The van der Waals surface area contributed by atoms with Gasteiger partial charge in [0.05, 0.1) is 11.8 Å². The fourth-order valence-electron chi connectivity index (χ4n) is 2.46. The smallest absolute Gasteiger partial charge is 0.254 e. The molecule has 0 spiro atoms. The van der Waals surface area contributed by atoms with Gasteiger partial charge in [-0.3, -0.25) is 9.89 Å². The van der Waals surface area contributed by atoms with Crippen LogP contribution in [0.15, 0.2) is 12.4 Å². The Kier molecular flexibility index (Phi) is 4.42. The maximum atomic E-state index is 11.7. The first-order valence-electron chi connectivity index (χ1n) is 6.14. The molecule has 1 aromatic rings. The van der Waals surface area contributed by atoms with Crippen LogP contribution in [0, 0.1) is 11.8 Å². The Morgan fingerprint density at radius 3 is 2.88 bits per heavy atom. The average molecular weight is 256 g/mol. The molecule has 94 valence electrons. The second-order valence-electron chi connectivity index (χ2n) is 4.66. The molecule has 1 aliphatic carbocycles. The number of nitrogens with one attached hydrogen (secondary N) is 2. The third kappa shape index (κ3) is 3.22. The third-order valence-corrected chi connectivity index (χ3v) is 3.95. The summed E-state index contributed by atoms with van der Waals surface area (Å²) in [5.74, 6) is 1.72. The van der Waals surface area contributed by atoms with E-state index in [1.54, 1.807) is 6.20 Å². The van der Waals surface area contributed by atoms with Crippen molar-refractivity contribution in [3.63, 3.8) is 0 Å². The first-order chi connectivity index (χ1) is 8.31. The Hall–Kier alpha value is -1.03. The van der Waals surface area contributed by atoms with Crippen LogP contribution in [0.4, 0.5) is 0 Å². The molecule has 1 saturated carbocycles. The van der Waals surface area contributed by atoms with Crippen molar-refractivity contribution >= 4 is 17.5 Å². The van der Waals surface area contributed by atoms with Gasteiger partial charge >= 0.3 is 0 Å². The van der Waals surface area contributed by atoms with Crippen LogP contribution < -0.4 is 5.32 Å². The molecule has 5 heteroatoms. The summed E-state index contributed by atoms with van der Waals surface area (Å²) in [6.45, 7) is 0.724. The quantitative estimate of drug-likeness (QED) is 0.811. The topological polar surface area (TPSA) is 57.8 Å². The van der Waals surface area contributed by atoms with Gasteiger partial charge < -0.3 is 5.32 Å². The fraction of sp³-hybridized carbons (Fsp3) is 0.667. The molecule has 0 saturated heterocycles. The van der Waals surface area contributed by atoms with Gasteiger partial charge in [-0.1, -0.05) is 12.8 Å². The predicted molar refractivity (Wildman–Crippen MR) is 67.1 cm³/mol. The molecule has 1 heterocycles. The number of hydrogen-bond donors (Lipinski definition) is 2. The number of carbonyl (C=O) groups excluding carboxylic acids is 1. The van der Waals surface area contributed by atoms with Gasteiger partial charge in [0.25, 0.3) is 5.91 Å². The number of carbonyl (C=O) groups is 1. The monoisotopic (exact) mass is 255 g/mol. The summed E-state index contributed by atoms with van der Waals surface area (Å²) >= 11 is 5.96. The number of halogens is 1. The number of aromatic amines is 1. The van der Waals surface area contributed by atoms with E-state index >= 15 is 0 Å². The summed E-state index contributed by atoms with van der Waals surface area (Å²) in [5, 5.41) is 9.36. The number of amides is 1. The SMILES string of the molecule is O=C(NCC1CCCCC1CCl)c1cn[nH]c1. The van der Waals surface area contributed by atoms with E-state index in [4.69, 9.17) is 11.6 Å². The van der Waals surface area contributed by atoms with Crippen molar-refractivity contribution < 1.29 is 4.79 Å². The lowest BCUT2D eigenvalue weighted by atomic mass is 9.80. The van der Waals surface area contributed by atoms with Crippen molar-refractivity contribution in [2.24, 2.45) is 11.8 Å². The molecule has 2 unspecified atom stereocenters. The molecule has 2 N–H and O–H groups in total. The Labute approximate surface area is 106 Å². The van der Waals surface area contributed by atoms with Crippen molar-refractivity contribution in [2.45, 2.75) is 25.7 Å². The molecule has 0 aliphatic heterocycles. The van der Waals surface area contributed by atoms with Crippen molar-refractivity contribution in [3.8, 4) is 0 Å². The van der Waals surface area contributed by atoms with Gasteiger partial charge in [0.2, 0.25) is 0 Å². The largest absolute Gasteiger partial charge is 0.352 e. The first kappa shape index (κ1) is 12.4. The zero-order valence-corrected chi connectivity index (χ0v) is 10.5. The van der Waals surface area contributed by atoms with Gasteiger partial charge in [0.15, 0.2) is 0 Å². The number of hydrogen-bond acceptors (Lipinski definition) is 2. The van der Waals surface area contributed by atoms with Crippen LogP contribution in [-0.4, -0.2) is 28.5 Å². The highest BCUT2D eigenvalue weighted by atomic mass is 35.5. The van der Waals surface area contributed by atoms with E-state index in [9.17, 15) is 4.79 Å². The van der Waals surface area contributed by atoms with Gasteiger partial charge in [-0.25, -0.2) is 0 Å². The summed E-state index contributed by atoms with van der Waals surface area (Å²) in [4.78, 5) is 11.7. The highest BCUT2D eigenvalue weighted by Gasteiger charge is 2.24. The standard InChI is InChI=1S/C12H18ClN3O/c13-5-9-3-1-2-4-10(9)6-14-12(17)11-7-15-16-8-11/h7-10H,1-6H2,(H,14,17)(H,15,16).